The van der Waals surface area contributed by atoms with Crippen LogP contribution in [0.3, 0.4) is 0 Å². The molecule has 1 heterocycles. The fraction of sp³-hybridized carbons (Fsp3) is 0.611. The van der Waals surface area contributed by atoms with Crippen molar-refractivity contribution in [2.24, 2.45) is 11.8 Å². The Balaban J connectivity index is 1.56. The molecule has 1 aliphatic carbocycles. The molecule has 0 aromatic heterocycles. The minimum atomic E-state index is 0.0611. The highest BCUT2D eigenvalue weighted by Crippen LogP contribution is 2.27. The Labute approximate surface area is 127 Å². The number of hydrogen-bond donors (Lipinski definition) is 2. The van der Waals surface area contributed by atoms with Crippen LogP contribution in [0.5, 0.6) is 0 Å². The van der Waals surface area contributed by atoms with E-state index in [-0.39, 0.29) is 11.8 Å². The lowest BCUT2D eigenvalue weighted by Gasteiger charge is -2.31. The van der Waals surface area contributed by atoms with Crippen molar-refractivity contribution < 1.29 is 4.79 Å². The van der Waals surface area contributed by atoms with Crippen LogP contribution in [0.4, 0.5) is 5.69 Å². The second kappa shape index (κ2) is 6.50. The van der Waals surface area contributed by atoms with Gasteiger partial charge < -0.3 is 10.6 Å². The molecule has 0 saturated heterocycles. The van der Waals surface area contributed by atoms with Crippen molar-refractivity contribution in [3.8, 4) is 0 Å². The zero-order valence-electron chi connectivity index (χ0n) is 12.9. The molecule has 3 nitrogen and oxygen atoms in total. The smallest absolute Gasteiger partial charge is 0.225 e. The fourth-order valence-electron chi connectivity index (χ4n) is 3.72. The Morgan fingerprint density at radius 3 is 2.81 bits per heavy atom. The normalized spacial score (nSPS) is 23.8. The maximum absolute atomic E-state index is 12.5. The van der Waals surface area contributed by atoms with Crippen LogP contribution < -0.4 is 10.6 Å². The summed E-state index contributed by atoms with van der Waals surface area (Å²) in [6, 6.07) is 8.61. The van der Waals surface area contributed by atoms with Crippen LogP contribution >= 0.6 is 0 Å². The van der Waals surface area contributed by atoms with E-state index in [9.17, 15) is 4.79 Å². The minimum Gasteiger partial charge on any atom is -0.384 e. The second-order valence-corrected chi connectivity index (χ2v) is 6.63. The first-order chi connectivity index (χ1) is 10.2. The molecule has 1 aromatic rings. The molecule has 2 N–H and O–H groups in total. The highest BCUT2D eigenvalue weighted by atomic mass is 16.2. The molecule has 3 heteroatoms. The first-order valence-electron chi connectivity index (χ1n) is 8.36. The van der Waals surface area contributed by atoms with Crippen molar-refractivity contribution in [1.29, 1.82) is 0 Å². The van der Waals surface area contributed by atoms with Gasteiger partial charge in [-0.05, 0) is 43.7 Å². The Kier molecular flexibility index (Phi) is 4.47. The lowest BCUT2D eigenvalue weighted by Crippen LogP contribution is -2.45. The number of amides is 1. The molecular formula is C18H26N2O. The van der Waals surface area contributed by atoms with Gasteiger partial charge in [-0.1, -0.05) is 37.5 Å². The number of carbonyl (C=O) groups is 1. The van der Waals surface area contributed by atoms with Crippen LogP contribution in [0.1, 0.15) is 44.6 Å². The van der Waals surface area contributed by atoms with Gasteiger partial charge in [0.15, 0.2) is 0 Å². The summed E-state index contributed by atoms with van der Waals surface area (Å²) in [6.45, 7) is 2.93. The molecule has 1 unspecified atom stereocenters. The Morgan fingerprint density at radius 2 is 2.00 bits per heavy atom. The van der Waals surface area contributed by atoms with Gasteiger partial charge >= 0.3 is 0 Å². The number of benzene rings is 1. The van der Waals surface area contributed by atoms with Gasteiger partial charge in [0.25, 0.3) is 0 Å². The topological polar surface area (TPSA) is 41.1 Å². The van der Waals surface area contributed by atoms with Gasteiger partial charge in [0.05, 0.1) is 5.92 Å². The molecule has 21 heavy (non-hydrogen) atoms. The van der Waals surface area contributed by atoms with E-state index in [1.54, 1.807) is 0 Å². The molecule has 0 spiro atoms. The van der Waals surface area contributed by atoms with Crippen molar-refractivity contribution >= 4 is 11.6 Å². The zero-order valence-corrected chi connectivity index (χ0v) is 12.9. The third-order valence-corrected chi connectivity index (χ3v) is 5.12. The maximum Gasteiger partial charge on any atom is 0.225 e. The van der Waals surface area contributed by atoms with Crippen molar-refractivity contribution in [1.82, 2.24) is 5.32 Å². The van der Waals surface area contributed by atoms with E-state index in [0.29, 0.717) is 12.0 Å². The molecule has 1 aromatic carbocycles. The first kappa shape index (κ1) is 14.4. The van der Waals surface area contributed by atoms with E-state index in [0.717, 1.165) is 13.0 Å². The van der Waals surface area contributed by atoms with Gasteiger partial charge in [-0.2, -0.15) is 0 Å². The summed E-state index contributed by atoms with van der Waals surface area (Å²) in [7, 11) is 0. The summed E-state index contributed by atoms with van der Waals surface area (Å²) in [6.07, 6.45) is 7.40. The summed E-state index contributed by atoms with van der Waals surface area (Å²) >= 11 is 0. The van der Waals surface area contributed by atoms with Crippen LogP contribution in [0, 0.1) is 11.8 Å². The minimum absolute atomic E-state index is 0.0611. The SMILES string of the molecule is C[C@H](NC(=O)C1CNc2ccccc2C1)C1CCCCC1. The van der Waals surface area contributed by atoms with E-state index in [1.165, 1.54) is 43.4 Å². The molecule has 1 fully saturated rings. The van der Waals surface area contributed by atoms with E-state index >= 15 is 0 Å². The van der Waals surface area contributed by atoms with Crippen LogP contribution in [-0.4, -0.2) is 18.5 Å². The molecule has 1 saturated carbocycles. The fourth-order valence-corrected chi connectivity index (χ4v) is 3.72. The van der Waals surface area contributed by atoms with Gasteiger partial charge in [0.2, 0.25) is 5.91 Å². The summed E-state index contributed by atoms with van der Waals surface area (Å²) in [5.74, 6) is 0.951. The Hall–Kier alpha value is -1.51. The van der Waals surface area contributed by atoms with E-state index < -0.39 is 0 Å². The molecular weight excluding hydrogens is 260 g/mol. The number of para-hydroxylation sites is 1. The Morgan fingerprint density at radius 1 is 1.24 bits per heavy atom. The second-order valence-electron chi connectivity index (χ2n) is 6.63. The van der Waals surface area contributed by atoms with Crippen molar-refractivity contribution in [2.45, 2.75) is 51.5 Å². The molecule has 1 amide bonds. The van der Waals surface area contributed by atoms with Crippen LogP contribution in [0.15, 0.2) is 24.3 Å². The number of fused-ring (bicyclic) bond motifs is 1. The highest BCUT2D eigenvalue weighted by molar-refractivity contribution is 5.81. The van der Waals surface area contributed by atoms with Gasteiger partial charge in [-0.25, -0.2) is 0 Å². The monoisotopic (exact) mass is 286 g/mol. The van der Waals surface area contributed by atoms with Crippen molar-refractivity contribution in [2.75, 3.05) is 11.9 Å². The molecule has 114 valence electrons. The quantitative estimate of drug-likeness (QED) is 0.894. The summed E-state index contributed by atoms with van der Waals surface area (Å²) in [5.41, 5.74) is 2.44. The molecule has 3 rings (SSSR count). The van der Waals surface area contributed by atoms with E-state index in [2.05, 4.69) is 29.7 Å². The highest BCUT2D eigenvalue weighted by Gasteiger charge is 2.27. The summed E-state index contributed by atoms with van der Waals surface area (Å²) < 4.78 is 0. The average molecular weight is 286 g/mol. The van der Waals surface area contributed by atoms with E-state index in [4.69, 9.17) is 0 Å². The van der Waals surface area contributed by atoms with Gasteiger partial charge in [0.1, 0.15) is 0 Å². The lowest BCUT2D eigenvalue weighted by atomic mass is 9.84. The Bertz CT molecular complexity index is 494. The standard InChI is InChI=1S/C18H26N2O/c1-13(14-7-3-2-4-8-14)20-18(21)16-11-15-9-5-6-10-17(15)19-12-16/h5-6,9-10,13-14,16,19H,2-4,7-8,11-12H2,1H3,(H,20,21)/t13-,16?/m0/s1. The third kappa shape index (κ3) is 3.39. The number of nitrogens with one attached hydrogen (secondary N) is 2. The summed E-state index contributed by atoms with van der Waals surface area (Å²) in [4.78, 5) is 12.5. The third-order valence-electron chi connectivity index (χ3n) is 5.12. The predicted molar refractivity (Wildman–Crippen MR) is 86.3 cm³/mol. The first-order valence-corrected chi connectivity index (χ1v) is 8.36. The number of hydrogen-bond acceptors (Lipinski definition) is 2. The van der Waals surface area contributed by atoms with E-state index in [1.807, 2.05) is 12.1 Å². The summed E-state index contributed by atoms with van der Waals surface area (Å²) in [5, 5.41) is 6.66. The molecule has 2 aliphatic rings. The number of rotatable bonds is 3. The van der Waals surface area contributed by atoms with Crippen molar-refractivity contribution in [3.63, 3.8) is 0 Å². The van der Waals surface area contributed by atoms with Crippen LogP contribution in [-0.2, 0) is 11.2 Å². The van der Waals surface area contributed by atoms with Gasteiger partial charge in [0, 0.05) is 18.3 Å². The zero-order chi connectivity index (χ0) is 14.7. The van der Waals surface area contributed by atoms with Crippen LogP contribution in [0.25, 0.3) is 0 Å². The average Bonchev–Trinajstić information content (AvgIpc) is 2.55. The number of anilines is 1. The van der Waals surface area contributed by atoms with Crippen molar-refractivity contribution in [3.05, 3.63) is 29.8 Å². The lowest BCUT2D eigenvalue weighted by molar-refractivity contribution is -0.125. The maximum atomic E-state index is 12.5. The molecule has 1 aliphatic heterocycles. The largest absolute Gasteiger partial charge is 0.384 e. The van der Waals surface area contributed by atoms with Gasteiger partial charge in [-0.15, -0.1) is 0 Å². The van der Waals surface area contributed by atoms with Gasteiger partial charge in [-0.3, -0.25) is 4.79 Å². The predicted octanol–water partition coefficient (Wildman–Crippen LogP) is 3.36. The van der Waals surface area contributed by atoms with Crippen LogP contribution in [0.2, 0.25) is 0 Å². The molecule has 0 bridgehead atoms. The molecule has 0 radical (unpaired) electrons. The number of carbonyl (C=O) groups excluding carboxylic acids is 1. The molecule has 2 atom stereocenters.